The fraction of sp³-hybridized carbons (Fsp3) is 0.667. The van der Waals surface area contributed by atoms with E-state index in [2.05, 4.69) is 32.4 Å². The predicted molar refractivity (Wildman–Crippen MR) is 43.3 cm³/mol. The maximum Gasteiger partial charge on any atom is -0.0322 e. The van der Waals surface area contributed by atoms with Crippen molar-refractivity contribution >= 4 is 0 Å². The van der Waals surface area contributed by atoms with E-state index in [9.17, 15) is 0 Å². The van der Waals surface area contributed by atoms with Gasteiger partial charge < -0.3 is 0 Å². The SMILES string of the molecule is C[CH]C/C=C/CCCC. The molecule has 0 bridgehead atoms. The van der Waals surface area contributed by atoms with Gasteiger partial charge in [0, 0.05) is 0 Å². The Morgan fingerprint density at radius 1 is 1.22 bits per heavy atom. The van der Waals surface area contributed by atoms with Crippen LogP contribution in [0, 0.1) is 6.42 Å². The second kappa shape index (κ2) is 7.74. The lowest BCUT2D eigenvalue weighted by Crippen LogP contribution is -1.67. The van der Waals surface area contributed by atoms with Crippen molar-refractivity contribution in [2.75, 3.05) is 0 Å². The van der Waals surface area contributed by atoms with Gasteiger partial charge in [-0.3, -0.25) is 0 Å². The number of allylic oxidation sites excluding steroid dienone is 2. The maximum atomic E-state index is 2.27. The summed E-state index contributed by atoms with van der Waals surface area (Å²) in [6.45, 7) is 4.31. The van der Waals surface area contributed by atoms with Crippen molar-refractivity contribution in [1.29, 1.82) is 0 Å². The fourth-order valence-electron chi connectivity index (χ4n) is 0.672. The molecule has 0 unspecified atom stereocenters. The highest BCUT2D eigenvalue weighted by molar-refractivity contribution is 4.84. The standard InChI is InChI=1S/C9H17/c1-3-5-7-9-8-6-4-2/h3,7,9H,4-6,8H2,1-2H3/b9-7+. The van der Waals surface area contributed by atoms with E-state index in [1.807, 2.05) is 0 Å². The molecule has 53 valence electrons. The van der Waals surface area contributed by atoms with Gasteiger partial charge >= 0.3 is 0 Å². The van der Waals surface area contributed by atoms with Crippen LogP contribution in [0.15, 0.2) is 12.2 Å². The largest absolute Gasteiger partial charge is 0.0885 e. The minimum atomic E-state index is 1.13. The molecule has 0 saturated heterocycles. The van der Waals surface area contributed by atoms with Crippen molar-refractivity contribution < 1.29 is 0 Å². The van der Waals surface area contributed by atoms with Gasteiger partial charge in [-0.25, -0.2) is 0 Å². The first-order valence-corrected chi connectivity index (χ1v) is 3.84. The lowest BCUT2D eigenvalue weighted by Gasteiger charge is -1.87. The quantitative estimate of drug-likeness (QED) is 0.390. The molecule has 0 aliphatic rings. The summed E-state index contributed by atoms with van der Waals surface area (Å²) in [7, 11) is 0. The summed E-state index contributed by atoms with van der Waals surface area (Å²) in [6, 6.07) is 0. The molecule has 0 atom stereocenters. The smallest absolute Gasteiger partial charge is 0.0322 e. The van der Waals surface area contributed by atoms with Crippen LogP contribution >= 0.6 is 0 Å². The van der Waals surface area contributed by atoms with E-state index in [1.165, 1.54) is 19.3 Å². The average Bonchev–Trinajstić information content (AvgIpc) is 1.89. The first-order valence-electron chi connectivity index (χ1n) is 3.84. The van der Waals surface area contributed by atoms with Crippen molar-refractivity contribution in [3.05, 3.63) is 18.6 Å². The average molecular weight is 125 g/mol. The van der Waals surface area contributed by atoms with Crippen molar-refractivity contribution in [3.8, 4) is 0 Å². The lowest BCUT2D eigenvalue weighted by atomic mass is 10.2. The summed E-state index contributed by atoms with van der Waals surface area (Å²) in [5.41, 5.74) is 0. The highest BCUT2D eigenvalue weighted by atomic mass is 13.8. The van der Waals surface area contributed by atoms with Crippen LogP contribution in [-0.2, 0) is 0 Å². The van der Waals surface area contributed by atoms with Crippen LogP contribution in [0.3, 0.4) is 0 Å². The molecular weight excluding hydrogens is 108 g/mol. The third kappa shape index (κ3) is 7.74. The number of hydrogen-bond acceptors (Lipinski definition) is 0. The molecule has 0 saturated carbocycles. The monoisotopic (exact) mass is 125 g/mol. The van der Waals surface area contributed by atoms with Gasteiger partial charge in [0.25, 0.3) is 0 Å². The lowest BCUT2D eigenvalue weighted by molar-refractivity contribution is 0.813. The summed E-state index contributed by atoms with van der Waals surface area (Å²) >= 11 is 0. The van der Waals surface area contributed by atoms with Crippen molar-refractivity contribution in [1.82, 2.24) is 0 Å². The van der Waals surface area contributed by atoms with Gasteiger partial charge in [-0.2, -0.15) is 0 Å². The zero-order chi connectivity index (χ0) is 6.95. The Bertz CT molecular complexity index is 62.4. The molecule has 0 nitrogen and oxygen atoms in total. The molecule has 0 aromatic rings. The van der Waals surface area contributed by atoms with Crippen molar-refractivity contribution in [2.45, 2.75) is 39.5 Å². The Morgan fingerprint density at radius 3 is 2.56 bits per heavy atom. The van der Waals surface area contributed by atoms with Crippen molar-refractivity contribution in [2.24, 2.45) is 0 Å². The van der Waals surface area contributed by atoms with Crippen LogP contribution in [0.4, 0.5) is 0 Å². The zero-order valence-corrected chi connectivity index (χ0v) is 6.56. The van der Waals surface area contributed by atoms with Crippen molar-refractivity contribution in [3.63, 3.8) is 0 Å². The van der Waals surface area contributed by atoms with E-state index >= 15 is 0 Å². The second-order valence-electron chi connectivity index (χ2n) is 2.26. The van der Waals surface area contributed by atoms with Gasteiger partial charge in [-0.15, -0.1) is 0 Å². The number of unbranched alkanes of at least 4 members (excludes halogenated alkanes) is 3. The Hall–Kier alpha value is -0.260. The summed E-state index contributed by atoms with van der Waals surface area (Å²) in [4.78, 5) is 0. The molecule has 0 heteroatoms. The fourth-order valence-corrected chi connectivity index (χ4v) is 0.672. The molecule has 0 rings (SSSR count). The number of rotatable bonds is 5. The molecule has 0 aliphatic heterocycles. The predicted octanol–water partition coefficient (Wildman–Crippen LogP) is 3.35. The van der Waals surface area contributed by atoms with Crippen LogP contribution in [0.5, 0.6) is 0 Å². The second-order valence-corrected chi connectivity index (χ2v) is 2.26. The van der Waals surface area contributed by atoms with E-state index in [0.717, 1.165) is 6.42 Å². The van der Waals surface area contributed by atoms with Gasteiger partial charge in [0.05, 0.1) is 0 Å². The van der Waals surface area contributed by atoms with Crippen LogP contribution in [0.2, 0.25) is 0 Å². The van der Waals surface area contributed by atoms with E-state index < -0.39 is 0 Å². The van der Waals surface area contributed by atoms with E-state index in [1.54, 1.807) is 0 Å². The molecule has 0 aromatic heterocycles. The minimum absolute atomic E-state index is 1.13. The van der Waals surface area contributed by atoms with E-state index in [0.29, 0.717) is 0 Å². The summed E-state index contributed by atoms with van der Waals surface area (Å²) in [5, 5.41) is 0. The minimum Gasteiger partial charge on any atom is -0.0885 e. The third-order valence-electron chi connectivity index (χ3n) is 1.26. The van der Waals surface area contributed by atoms with Gasteiger partial charge in [-0.1, -0.05) is 38.8 Å². The molecule has 9 heavy (non-hydrogen) atoms. The number of hydrogen-bond donors (Lipinski definition) is 0. The summed E-state index contributed by atoms with van der Waals surface area (Å²) in [6.07, 6.45) is 11.7. The molecular formula is C9H17. The van der Waals surface area contributed by atoms with E-state index in [-0.39, 0.29) is 0 Å². The summed E-state index contributed by atoms with van der Waals surface area (Å²) in [5.74, 6) is 0. The first-order chi connectivity index (χ1) is 4.41. The molecule has 0 heterocycles. The maximum absolute atomic E-state index is 2.27. The molecule has 0 aliphatic carbocycles. The van der Waals surface area contributed by atoms with Gasteiger partial charge in [0.2, 0.25) is 0 Å². The van der Waals surface area contributed by atoms with Crippen LogP contribution < -0.4 is 0 Å². The Labute approximate surface area is 59.0 Å². The molecule has 0 fully saturated rings. The Morgan fingerprint density at radius 2 is 2.00 bits per heavy atom. The van der Waals surface area contributed by atoms with Gasteiger partial charge in [-0.05, 0) is 19.3 Å². The molecule has 0 amide bonds. The van der Waals surface area contributed by atoms with Crippen LogP contribution in [0.25, 0.3) is 0 Å². The summed E-state index contributed by atoms with van der Waals surface area (Å²) < 4.78 is 0. The molecule has 1 radical (unpaired) electrons. The molecule has 0 aromatic carbocycles. The molecule has 0 spiro atoms. The van der Waals surface area contributed by atoms with E-state index in [4.69, 9.17) is 0 Å². The zero-order valence-electron chi connectivity index (χ0n) is 6.56. The van der Waals surface area contributed by atoms with Gasteiger partial charge in [0.15, 0.2) is 0 Å². The van der Waals surface area contributed by atoms with Crippen LogP contribution in [-0.4, -0.2) is 0 Å². The van der Waals surface area contributed by atoms with Crippen LogP contribution in [0.1, 0.15) is 39.5 Å². The Balaban J connectivity index is 2.86. The van der Waals surface area contributed by atoms with Gasteiger partial charge in [0.1, 0.15) is 0 Å². The third-order valence-corrected chi connectivity index (χ3v) is 1.26. The highest BCUT2D eigenvalue weighted by Gasteiger charge is 1.76. The topological polar surface area (TPSA) is 0 Å². The normalized spacial score (nSPS) is 10.9. The highest BCUT2D eigenvalue weighted by Crippen LogP contribution is 1.96. The first kappa shape index (κ1) is 8.74. The molecule has 0 N–H and O–H groups in total. The Kier molecular flexibility index (Phi) is 7.52.